The van der Waals surface area contributed by atoms with Gasteiger partial charge in [-0.2, -0.15) is 0 Å². The lowest BCUT2D eigenvalue weighted by atomic mass is 9.74. The van der Waals surface area contributed by atoms with E-state index in [9.17, 15) is 9.90 Å². The topological polar surface area (TPSA) is 37.3 Å². The van der Waals surface area contributed by atoms with Crippen molar-refractivity contribution < 1.29 is 9.90 Å². The molecule has 37 heavy (non-hydrogen) atoms. The number of Topliss-reactive ketones (excluding diaryl/α,β-unsaturated/α-hetero) is 1. The molecule has 0 atom stereocenters. The first kappa shape index (κ1) is 33.7. The number of hydrogen-bond donors (Lipinski definition) is 1. The zero-order valence-electron chi connectivity index (χ0n) is 26.2. The Kier molecular flexibility index (Phi) is 15.8. The van der Waals surface area contributed by atoms with Crippen LogP contribution in [-0.4, -0.2) is 10.9 Å². The van der Waals surface area contributed by atoms with Gasteiger partial charge in [-0.3, -0.25) is 4.79 Å². The van der Waals surface area contributed by atoms with Crippen molar-refractivity contribution in [3.8, 4) is 5.75 Å². The Bertz CT molecular complexity index is 776. The zero-order valence-corrected chi connectivity index (χ0v) is 26.2. The summed E-state index contributed by atoms with van der Waals surface area (Å²) >= 11 is 0. The van der Waals surface area contributed by atoms with Crippen LogP contribution in [-0.2, 0) is 28.5 Å². The highest BCUT2D eigenvalue weighted by Crippen LogP contribution is 2.43. The van der Waals surface area contributed by atoms with Gasteiger partial charge >= 0.3 is 0 Å². The third-order valence-corrected chi connectivity index (χ3v) is 7.78. The van der Waals surface area contributed by atoms with Crippen LogP contribution in [0.1, 0.15) is 180 Å². The molecule has 0 saturated carbocycles. The predicted octanol–water partition coefficient (Wildman–Crippen LogP) is 10.9. The summed E-state index contributed by atoms with van der Waals surface area (Å²) in [7, 11) is 0. The molecule has 0 aromatic heterocycles. The third-order valence-electron chi connectivity index (χ3n) is 7.78. The molecule has 0 aliphatic heterocycles. The van der Waals surface area contributed by atoms with Gasteiger partial charge in [-0.25, -0.2) is 0 Å². The molecule has 0 spiro atoms. The average Bonchev–Trinajstić information content (AvgIpc) is 2.78. The van der Waals surface area contributed by atoms with Gasteiger partial charge in [-0.15, -0.1) is 0 Å². The van der Waals surface area contributed by atoms with Crippen molar-refractivity contribution in [2.45, 2.75) is 182 Å². The van der Waals surface area contributed by atoms with Crippen LogP contribution in [0.3, 0.4) is 0 Å². The van der Waals surface area contributed by atoms with E-state index in [1.54, 1.807) is 6.92 Å². The maximum Gasteiger partial charge on any atom is 0.134 e. The molecule has 0 unspecified atom stereocenters. The van der Waals surface area contributed by atoms with E-state index in [4.69, 9.17) is 0 Å². The Morgan fingerprint density at radius 2 is 1.08 bits per heavy atom. The lowest BCUT2D eigenvalue weighted by molar-refractivity contribution is -0.116. The summed E-state index contributed by atoms with van der Waals surface area (Å²) in [4.78, 5) is 12.1. The Hall–Kier alpha value is -1.31. The second-order valence-corrected chi connectivity index (χ2v) is 13.7. The SMILES string of the molecule is CCCCCCCCCCCCCCCCCCc1c(CC(C)=O)cc(C(C)(C)C)c(O)c1C(C)(C)C. The summed E-state index contributed by atoms with van der Waals surface area (Å²) in [5.41, 5.74) is 4.03. The molecule has 0 aliphatic carbocycles. The van der Waals surface area contributed by atoms with Gasteiger partial charge < -0.3 is 5.11 Å². The van der Waals surface area contributed by atoms with E-state index in [1.165, 1.54) is 102 Å². The first-order valence-corrected chi connectivity index (χ1v) is 15.8. The summed E-state index contributed by atoms with van der Waals surface area (Å²) in [5, 5.41) is 11.3. The van der Waals surface area contributed by atoms with Gasteiger partial charge in [0.2, 0.25) is 0 Å². The minimum absolute atomic E-state index is 0.164. The second kappa shape index (κ2) is 17.3. The van der Waals surface area contributed by atoms with Crippen molar-refractivity contribution in [3.05, 3.63) is 28.3 Å². The van der Waals surface area contributed by atoms with Crippen molar-refractivity contribution in [1.82, 2.24) is 0 Å². The summed E-state index contributed by atoms with van der Waals surface area (Å²) < 4.78 is 0. The van der Waals surface area contributed by atoms with Crippen LogP contribution in [0.4, 0.5) is 0 Å². The Morgan fingerprint density at radius 1 is 0.676 bits per heavy atom. The lowest BCUT2D eigenvalue weighted by Crippen LogP contribution is -2.21. The van der Waals surface area contributed by atoms with Crippen LogP contribution in [0.5, 0.6) is 5.75 Å². The fourth-order valence-corrected chi connectivity index (χ4v) is 5.71. The monoisotopic (exact) mass is 514 g/mol. The molecule has 0 amide bonds. The van der Waals surface area contributed by atoms with Crippen LogP contribution >= 0.6 is 0 Å². The molecule has 1 N–H and O–H groups in total. The van der Waals surface area contributed by atoms with Crippen molar-refractivity contribution >= 4 is 5.78 Å². The van der Waals surface area contributed by atoms with Gasteiger partial charge in [0, 0.05) is 12.0 Å². The smallest absolute Gasteiger partial charge is 0.134 e. The van der Waals surface area contributed by atoms with Crippen LogP contribution in [0.25, 0.3) is 0 Å². The highest BCUT2D eigenvalue weighted by Gasteiger charge is 2.30. The number of unbranched alkanes of at least 4 members (excludes halogenated alkanes) is 15. The van der Waals surface area contributed by atoms with E-state index in [2.05, 4.69) is 54.5 Å². The molecule has 0 saturated heterocycles. The second-order valence-electron chi connectivity index (χ2n) is 13.7. The number of phenolic OH excluding ortho intramolecular Hbond substituents is 1. The van der Waals surface area contributed by atoms with E-state index in [-0.39, 0.29) is 16.6 Å². The molecule has 1 aromatic rings. The minimum atomic E-state index is -0.165. The average molecular weight is 515 g/mol. The van der Waals surface area contributed by atoms with Gasteiger partial charge in [0.25, 0.3) is 0 Å². The molecule has 0 heterocycles. The molecule has 214 valence electrons. The van der Waals surface area contributed by atoms with Crippen molar-refractivity contribution in [1.29, 1.82) is 0 Å². The van der Waals surface area contributed by atoms with E-state index < -0.39 is 0 Å². The minimum Gasteiger partial charge on any atom is -0.507 e. The molecule has 2 heteroatoms. The Balaban J connectivity index is 2.48. The molecule has 0 fully saturated rings. The van der Waals surface area contributed by atoms with Crippen molar-refractivity contribution in [3.63, 3.8) is 0 Å². The largest absolute Gasteiger partial charge is 0.507 e. The molecule has 0 bridgehead atoms. The Labute approximate surface area is 231 Å². The molecule has 1 aromatic carbocycles. The van der Waals surface area contributed by atoms with E-state index >= 15 is 0 Å². The summed E-state index contributed by atoms with van der Waals surface area (Å²) in [6, 6.07) is 2.12. The fourth-order valence-electron chi connectivity index (χ4n) is 5.71. The Morgan fingerprint density at radius 3 is 1.43 bits per heavy atom. The lowest BCUT2D eigenvalue weighted by Gasteiger charge is -2.31. The number of hydrogen-bond acceptors (Lipinski definition) is 2. The molecule has 2 nitrogen and oxygen atoms in total. The summed E-state index contributed by atoms with van der Waals surface area (Å²) in [6.45, 7) is 16.9. The number of phenols is 1. The van der Waals surface area contributed by atoms with Gasteiger partial charge in [-0.1, -0.05) is 151 Å². The molecular weight excluding hydrogens is 452 g/mol. The highest BCUT2D eigenvalue weighted by molar-refractivity contribution is 5.79. The van der Waals surface area contributed by atoms with Crippen LogP contribution in [0.2, 0.25) is 0 Å². The van der Waals surface area contributed by atoms with E-state index in [0.29, 0.717) is 12.2 Å². The van der Waals surface area contributed by atoms with E-state index in [0.717, 1.165) is 29.5 Å². The zero-order chi connectivity index (χ0) is 27.9. The standard InChI is InChI=1S/C35H62O2/c1-9-10-11-12-13-14-15-16-17-18-19-20-21-22-23-24-25-30-29(26-28(2)36)27-31(34(3,4)5)33(37)32(30)35(6,7)8/h27,37H,9-26H2,1-8H3. The van der Waals surface area contributed by atoms with Gasteiger partial charge in [0.05, 0.1) is 0 Å². The normalized spacial score (nSPS) is 12.3. The summed E-state index contributed by atoms with van der Waals surface area (Å²) in [5.74, 6) is 0.637. The maximum atomic E-state index is 12.1. The molecular formula is C35H62O2. The molecule has 1 rings (SSSR count). The third kappa shape index (κ3) is 13.4. The van der Waals surface area contributed by atoms with Crippen molar-refractivity contribution in [2.75, 3.05) is 0 Å². The van der Waals surface area contributed by atoms with Crippen LogP contribution in [0.15, 0.2) is 6.07 Å². The number of ketones is 1. The molecule has 0 aliphatic rings. The number of benzene rings is 1. The van der Waals surface area contributed by atoms with Gasteiger partial charge in [0.15, 0.2) is 0 Å². The van der Waals surface area contributed by atoms with Crippen LogP contribution in [0, 0.1) is 0 Å². The van der Waals surface area contributed by atoms with Gasteiger partial charge in [-0.05, 0) is 47.3 Å². The predicted molar refractivity (Wildman–Crippen MR) is 163 cm³/mol. The number of aromatic hydroxyl groups is 1. The van der Waals surface area contributed by atoms with Crippen molar-refractivity contribution in [2.24, 2.45) is 0 Å². The highest BCUT2D eigenvalue weighted by atomic mass is 16.3. The number of carbonyl (C=O) groups excluding carboxylic acids is 1. The number of rotatable bonds is 19. The maximum absolute atomic E-state index is 12.1. The van der Waals surface area contributed by atoms with E-state index in [1.807, 2.05) is 0 Å². The molecule has 0 radical (unpaired) electrons. The first-order chi connectivity index (χ1) is 17.4. The quantitative estimate of drug-likeness (QED) is 0.186. The first-order valence-electron chi connectivity index (χ1n) is 15.8. The number of carbonyl (C=O) groups is 1. The van der Waals surface area contributed by atoms with Gasteiger partial charge in [0.1, 0.15) is 11.5 Å². The summed E-state index contributed by atoms with van der Waals surface area (Å²) in [6.07, 6.45) is 23.3. The van der Waals surface area contributed by atoms with Crippen LogP contribution < -0.4 is 0 Å². The fraction of sp³-hybridized carbons (Fsp3) is 0.800.